The van der Waals surface area contributed by atoms with Crippen LogP contribution in [0.15, 0.2) is 77.4 Å². The SMILES string of the molecule is CN(CCCOc1ccccc1)C(=O)COc1cccc(NC(=O)c2ccco2)c1. The van der Waals surface area contributed by atoms with Gasteiger partial charge < -0.3 is 24.1 Å². The maximum atomic E-state index is 12.3. The Balaban J connectivity index is 1.39. The number of carbonyl (C=O) groups is 2. The van der Waals surface area contributed by atoms with Gasteiger partial charge in [-0.3, -0.25) is 9.59 Å². The molecular formula is C23H24N2O5. The number of ether oxygens (including phenoxy) is 2. The molecule has 7 heteroatoms. The zero-order valence-electron chi connectivity index (χ0n) is 16.7. The molecule has 0 aliphatic heterocycles. The molecule has 3 rings (SSSR count). The van der Waals surface area contributed by atoms with Gasteiger partial charge in [0.15, 0.2) is 12.4 Å². The summed E-state index contributed by atoms with van der Waals surface area (Å²) < 4.78 is 16.3. The number of hydrogen-bond donors (Lipinski definition) is 1. The molecule has 0 atom stereocenters. The van der Waals surface area contributed by atoms with Crippen molar-refractivity contribution in [1.29, 1.82) is 0 Å². The maximum Gasteiger partial charge on any atom is 0.291 e. The van der Waals surface area contributed by atoms with Gasteiger partial charge in [0.2, 0.25) is 0 Å². The largest absolute Gasteiger partial charge is 0.494 e. The average Bonchev–Trinajstić information content (AvgIpc) is 3.31. The lowest BCUT2D eigenvalue weighted by molar-refractivity contribution is -0.132. The van der Waals surface area contributed by atoms with Crippen LogP contribution < -0.4 is 14.8 Å². The van der Waals surface area contributed by atoms with Gasteiger partial charge in [0.1, 0.15) is 11.5 Å². The predicted octanol–water partition coefficient (Wildman–Crippen LogP) is 3.84. The Morgan fingerprint density at radius 3 is 2.53 bits per heavy atom. The third kappa shape index (κ3) is 6.41. The summed E-state index contributed by atoms with van der Waals surface area (Å²) in [6.07, 6.45) is 2.15. The highest BCUT2D eigenvalue weighted by Gasteiger charge is 2.11. The molecule has 1 heterocycles. The van der Waals surface area contributed by atoms with E-state index in [0.29, 0.717) is 31.0 Å². The molecule has 2 amide bonds. The topological polar surface area (TPSA) is 81.0 Å². The van der Waals surface area contributed by atoms with Crippen molar-refractivity contribution < 1.29 is 23.5 Å². The number of carbonyl (C=O) groups excluding carboxylic acids is 2. The molecule has 156 valence electrons. The number of hydrogen-bond acceptors (Lipinski definition) is 5. The van der Waals surface area contributed by atoms with Crippen LogP contribution in [-0.4, -0.2) is 43.5 Å². The van der Waals surface area contributed by atoms with Crippen LogP contribution >= 0.6 is 0 Å². The van der Waals surface area contributed by atoms with Crippen LogP contribution in [0, 0.1) is 0 Å². The Labute approximate surface area is 175 Å². The lowest BCUT2D eigenvalue weighted by Crippen LogP contribution is -2.32. The molecule has 0 radical (unpaired) electrons. The molecule has 1 N–H and O–H groups in total. The molecule has 1 aromatic heterocycles. The first-order valence-electron chi connectivity index (χ1n) is 9.61. The number of amides is 2. The number of para-hydroxylation sites is 1. The van der Waals surface area contributed by atoms with Gasteiger partial charge >= 0.3 is 0 Å². The van der Waals surface area contributed by atoms with Crippen molar-refractivity contribution in [3.05, 3.63) is 78.8 Å². The minimum absolute atomic E-state index is 0.0916. The normalized spacial score (nSPS) is 10.3. The Morgan fingerprint density at radius 1 is 0.967 bits per heavy atom. The van der Waals surface area contributed by atoms with E-state index in [1.807, 2.05) is 30.3 Å². The van der Waals surface area contributed by atoms with Crippen molar-refractivity contribution >= 4 is 17.5 Å². The summed E-state index contributed by atoms with van der Waals surface area (Å²) >= 11 is 0. The van der Waals surface area contributed by atoms with Gasteiger partial charge in [-0.1, -0.05) is 24.3 Å². The smallest absolute Gasteiger partial charge is 0.291 e. The van der Waals surface area contributed by atoms with E-state index in [0.717, 1.165) is 5.75 Å². The second kappa shape index (κ2) is 10.7. The van der Waals surface area contributed by atoms with Crippen molar-refractivity contribution in [2.45, 2.75) is 6.42 Å². The average molecular weight is 408 g/mol. The van der Waals surface area contributed by atoms with E-state index in [1.165, 1.54) is 6.26 Å². The summed E-state index contributed by atoms with van der Waals surface area (Å²) in [6, 6.07) is 19.6. The van der Waals surface area contributed by atoms with E-state index in [1.54, 1.807) is 48.3 Å². The third-order valence-electron chi connectivity index (χ3n) is 4.27. The van der Waals surface area contributed by atoms with Crippen molar-refractivity contribution in [3.8, 4) is 11.5 Å². The van der Waals surface area contributed by atoms with Crippen LogP contribution in [0.1, 0.15) is 17.0 Å². The van der Waals surface area contributed by atoms with Crippen LogP contribution in [0.2, 0.25) is 0 Å². The molecular weight excluding hydrogens is 384 g/mol. The van der Waals surface area contributed by atoms with Crippen molar-refractivity contribution in [3.63, 3.8) is 0 Å². The quantitative estimate of drug-likeness (QED) is 0.516. The summed E-state index contributed by atoms with van der Waals surface area (Å²) in [4.78, 5) is 25.9. The number of benzene rings is 2. The molecule has 0 spiro atoms. The van der Waals surface area contributed by atoms with Crippen LogP contribution in [0.25, 0.3) is 0 Å². The Kier molecular flexibility index (Phi) is 7.49. The zero-order valence-corrected chi connectivity index (χ0v) is 16.7. The molecule has 3 aromatic rings. The monoisotopic (exact) mass is 408 g/mol. The summed E-state index contributed by atoms with van der Waals surface area (Å²) in [5.74, 6) is 1.02. The Bertz CT molecular complexity index is 941. The Morgan fingerprint density at radius 2 is 1.77 bits per heavy atom. The van der Waals surface area contributed by atoms with Gasteiger partial charge in [0.05, 0.1) is 12.9 Å². The lowest BCUT2D eigenvalue weighted by atomic mass is 10.3. The van der Waals surface area contributed by atoms with E-state index in [-0.39, 0.29) is 24.2 Å². The highest BCUT2D eigenvalue weighted by molar-refractivity contribution is 6.02. The first kappa shape index (κ1) is 21.0. The van der Waals surface area contributed by atoms with E-state index in [9.17, 15) is 9.59 Å². The molecule has 0 saturated heterocycles. The summed E-state index contributed by atoms with van der Waals surface area (Å²) in [5, 5.41) is 2.72. The van der Waals surface area contributed by atoms with Crippen LogP contribution in [0.4, 0.5) is 5.69 Å². The third-order valence-corrected chi connectivity index (χ3v) is 4.27. The summed E-state index contributed by atoms with van der Waals surface area (Å²) in [7, 11) is 1.73. The van der Waals surface area contributed by atoms with E-state index >= 15 is 0 Å². The fourth-order valence-corrected chi connectivity index (χ4v) is 2.65. The first-order valence-corrected chi connectivity index (χ1v) is 9.61. The molecule has 0 bridgehead atoms. The van der Waals surface area contributed by atoms with Gasteiger partial charge in [0.25, 0.3) is 11.8 Å². The van der Waals surface area contributed by atoms with Crippen molar-refractivity contribution in [2.75, 3.05) is 32.1 Å². The number of nitrogens with zero attached hydrogens (tertiary/aromatic N) is 1. The van der Waals surface area contributed by atoms with Crippen molar-refractivity contribution in [1.82, 2.24) is 4.90 Å². The zero-order chi connectivity index (χ0) is 21.2. The Hall–Kier alpha value is -3.74. The lowest BCUT2D eigenvalue weighted by Gasteiger charge is -2.17. The van der Waals surface area contributed by atoms with Gasteiger partial charge in [0, 0.05) is 25.3 Å². The van der Waals surface area contributed by atoms with E-state index in [2.05, 4.69) is 5.32 Å². The standard InChI is InChI=1S/C23H24N2O5/c1-25(13-7-15-28-19-9-3-2-4-10-19)22(26)17-30-20-11-5-8-18(16-20)24-23(27)21-12-6-14-29-21/h2-6,8-12,14,16H,7,13,15,17H2,1H3,(H,24,27). The molecule has 30 heavy (non-hydrogen) atoms. The minimum atomic E-state index is -0.356. The second-order valence-electron chi connectivity index (χ2n) is 6.58. The van der Waals surface area contributed by atoms with Gasteiger partial charge in [-0.15, -0.1) is 0 Å². The number of rotatable bonds is 10. The number of anilines is 1. The highest BCUT2D eigenvalue weighted by Crippen LogP contribution is 2.18. The molecule has 0 unspecified atom stereocenters. The fraction of sp³-hybridized carbons (Fsp3) is 0.217. The first-order chi connectivity index (χ1) is 14.6. The fourth-order valence-electron chi connectivity index (χ4n) is 2.65. The molecule has 0 aliphatic carbocycles. The van der Waals surface area contributed by atoms with Crippen LogP contribution in [0.5, 0.6) is 11.5 Å². The summed E-state index contributed by atoms with van der Waals surface area (Å²) in [5.41, 5.74) is 0.549. The van der Waals surface area contributed by atoms with Crippen LogP contribution in [0.3, 0.4) is 0 Å². The summed E-state index contributed by atoms with van der Waals surface area (Å²) in [6.45, 7) is 1.000. The van der Waals surface area contributed by atoms with Crippen molar-refractivity contribution in [2.24, 2.45) is 0 Å². The second-order valence-corrected chi connectivity index (χ2v) is 6.58. The van der Waals surface area contributed by atoms with Gasteiger partial charge in [-0.25, -0.2) is 0 Å². The van der Waals surface area contributed by atoms with Gasteiger partial charge in [-0.05, 0) is 42.8 Å². The van der Waals surface area contributed by atoms with E-state index < -0.39 is 0 Å². The van der Waals surface area contributed by atoms with Gasteiger partial charge in [-0.2, -0.15) is 0 Å². The number of nitrogens with one attached hydrogen (secondary N) is 1. The minimum Gasteiger partial charge on any atom is -0.494 e. The highest BCUT2D eigenvalue weighted by atomic mass is 16.5. The maximum absolute atomic E-state index is 12.3. The molecule has 0 fully saturated rings. The molecule has 7 nitrogen and oxygen atoms in total. The molecule has 0 aliphatic rings. The van der Waals surface area contributed by atoms with E-state index in [4.69, 9.17) is 13.9 Å². The van der Waals surface area contributed by atoms with Crippen LogP contribution in [-0.2, 0) is 4.79 Å². The number of likely N-dealkylation sites (N-methyl/N-ethyl adjacent to an activating group) is 1. The number of furan rings is 1. The molecule has 2 aromatic carbocycles. The predicted molar refractivity (Wildman–Crippen MR) is 113 cm³/mol. The molecule has 0 saturated carbocycles.